The summed E-state index contributed by atoms with van der Waals surface area (Å²) in [6, 6.07) is 0. The maximum absolute atomic E-state index is 9.60. The van der Waals surface area contributed by atoms with Crippen LogP contribution in [-0.2, 0) is 9.59 Å². The first-order chi connectivity index (χ1) is 6.64. The van der Waals surface area contributed by atoms with Crippen LogP contribution in [0.4, 0.5) is 0 Å². The summed E-state index contributed by atoms with van der Waals surface area (Å²) in [5.74, 6) is -2.17. The standard InChI is InChI=1S/C4H6O2.C3H4O2.C3H8O.Na/c1-3(2)4(5)6;1-2-3(4)5;1-3(2)4;/h1H2,2H3,(H,5,6);2H,1H2,(H,4,5);3-4H,1-2H3;/q;;;+1/p-1. The molecule has 2 N–H and O–H groups in total. The predicted molar refractivity (Wildman–Crippen MR) is 55.0 cm³/mol. The van der Waals surface area contributed by atoms with Gasteiger partial charge >= 0.3 is 35.5 Å². The molecular weight excluding hydrogens is 223 g/mol. The second kappa shape index (κ2) is 16.8. The largest absolute Gasteiger partial charge is 1.00 e. The average Bonchev–Trinajstić information content (AvgIpc) is 2.04. The van der Waals surface area contributed by atoms with E-state index in [0.717, 1.165) is 6.08 Å². The molecule has 0 aromatic heterocycles. The van der Waals surface area contributed by atoms with E-state index in [1.165, 1.54) is 6.92 Å². The minimum Gasteiger partial charge on any atom is -0.545 e. The molecule has 0 spiro atoms. The number of hydrogen-bond donors (Lipinski definition) is 2. The smallest absolute Gasteiger partial charge is 0.545 e. The number of carbonyl (C=O) groups is 2. The van der Waals surface area contributed by atoms with Crippen LogP contribution in [0.5, 0.6) is 0 Å². The molecule has 0 rings (SSSR count). The van der Waals surface area contributed by atoms with E-state index >= 15 is 0 Å². The van der Waals surface area contributed by atoms with Crippen LogP contribution in [0.3, 0.4) is 0 Å². The number of aliphatic hydroxyl groups excluding tert-OH is 1. The Balaban J connectivity index is -0.0000000668. The van der Waals surface area contributed by atoms with Crippen LogP contribution in [0.15, 0.2) is 24.8 Å². The summed E-state index contributed by atoms with van der Waals surface area (Å²) in [5, 5.41) is 25.1. The van der Waals surface area contributed by atoms with Gasteiger partial charge in [0.25, 0.3) is 0 Å². The Morgan fingerprint density at radius 2 is 1.50 bits per heavy atom. The predicted octanol–water partition coefficient (Wildman–Crippen LogP) is -3.04. The van der Waals surface area contributed by atoms with E-state index in [1.807, 2.05) is 0 Å². The molecule has 0 fully saturated rings. The third-order valence-corrected chi connectivity index (χ3v) is 0.532. The normalized spacial score (nSPS) is 7.06. The van der Waals surface area contributed by atoms with Crippen molar-refractivity contribution in [2.24, 2.45) is 0 Å². The van der Waals surface area contributed by atoms with Crippen LogP contribution in [0.2, 0.25) is 0 Å². The second-order valence-corrected chi connectivity index (χ2v) is 2.70. The summed E-state index contributed by atoms with van der Waals surface area (Å²) < 4.78 is 0. The van der Waals surface area contributed by atoms with Crippen LogP contribution in [0.25, 0.3) is 0 Å². The third kappa shape index (κ3) is 70.8. The number of carboxylic acids is 2. The molecule has 88 valence electrons. The molecule has 0 aliphatic rings. The van der Waals surface area contributed by atoms with Crippen LogP contribution >= 0.6 is 0 Å². The molecule has 0 amide bonds. The molecule has 0 bridgehead atoms. The van der Waals surface area contributed by atoms with E-state index in [-0.39, 0.29) is 41.2 Å². The van der Waals surface area contributed by atoms with Crippen molar-refractivity contribution >= 4 is 11.9 Å². The van der Waals surface area contributed by atoms with Crippen molar-refractivity contribution in [2.75, 3.05) is 0 Å². The summed E-state index contributed by atoms with van der Waals surface area (Å²) in [4.78, 5) is 18.7. The van der Waals surface area contributed by atoms with Gasteiger partial charge in [-0.05, 0) is 26.8 Å². The van der Waals surface area contributed by atoms with Gasteiger partial charge < -0.3 is 20.1 Å². The van der Waals surface area contributed by atoms with Gasteiger partial charge in [-0.3, -0.25) is 0 Å². The van der Waals surface area contributed by atoms with E-state index in [4.69, 9.17) is 20.1 Å². The van der Waals surface area contributed by atoms with E-state index in [0.29, 0.717) is 0 Å². The van der Waals surface area contributed by atoms with E-state index < -0.39 is 11.9 Å². The first kappa shape index (κ1) is 24.6. The van der Waals surface area contributed by atoms with Crippen LogP contribution in [0, 0.1) is 0 Å². The summed E-state index contributed by atoms with van der Waals surface area (Å²) in [7, 11) is 0. The third-order valence-electron chi connectivity index (χ3n) is 0.532. The number of aliphatic hydroxyl groups is 1. The minimum absolute atomic E-state index is 0. The van der Waals surface area contributed by atoms with Gasteiger partial charge in [-0.25, -0.2) is 4.79 Å². The quantitative estimate of drug-likeness (QED) is 0.395. The molecule has 0 aliphatic heterocycles. The number of carbonyl (C=O) groups excluding carboxylic acids is 1. The fourth-order valence-electron chi connectivity index (χ4n) is 0. The molecular formula is C10H17NaO5. The van der Waals surface area contributed by atoms with Crippen molar-refractivity contribution < 1.29 is 54.5 Å². The molecule has 6 heteroatoms. The van der Waals surface area contributed by atoms with Crippen molar-refractivity contribution in [3.8, 4) is 0 Å². The zero-order valence-corrected chi connectivity index (χ0v) is 12.2. The fraction of sp³-hybridized carbons (Fsp3) is 0.400. The van der Waals surface area contributed by atoms with E-state index in [2.05, 4.69) is 13.2 Å². The number of hydrogen-bond acceptors (Lipinski definition) is 4. The minimum atomic E-state index is -1.23. The van der Waals surface area contributed by atoms with Crippen molar-refractivity contribution in [3.05, 3.63) is 24.8 Å². The van der Waals surface area contributed by atoms with E-state index in [1.54, 1.807) is 13.8 Å². The van der Waals surface area contributed by atoms with Crippen LogP contribution < -0.4 is 34.7 Å². The first-order valence-electron chi connectivity index (χ1n) is 4.05. The summed E-state index contributed by atoms with van der Waals surface area (Å²) in [5.41, 5.74) is 0.176. The number of carboxylic acid groups (broad SMARTS) is 2. The average molecular weight is 240 g/mol. The van der Waals surface area contributed by atoms with Gasteiger partial charge in [0.1, 0.15) is 0 Å². The van der Waals surface area contributed by atoms with Gasteiger partial charge in [0.2, 0.25) is 0 Å². The van der Waals surface area contributed by atoms with Gasteiger partial charge in [0.15, 0.2) is 0 Å². The fourth-order valence-corrected chi connectivity index (χ4v) is 0. The molecule has 0 saturated carbocycles. The molecule has 16 heavy (non-hydrogen) atoms. The summed E-state index contributed by atoms with van der Waals surface area (Å²) in [6.45, 7) is 10.9. The van der Waals surface area contributed by atoms with Crippen molar-refractivity contribution in [2.45, 2.75) is 26.9 Å². The van der Waals surface area contributed by atoms with Gasteiger partial charge in [0, 0.05) is 11.7 Å². The second-order valence-electron chi connectivity index (χ2n) is 2.70. The van der Waals surface area contributed by atoms with Gasteiger partial charge in [-0.2, -0.15) is 0 Å². The van der Waals surface area contributed by atoms with Crippen LogP contribution in [-0.4, -0.2) is 28.3 Å². The summed E-state index contributed by atoms with van der Waals surface area (Å²) >= 11 is 0. The molecule has 0 unspecified atom stereocenters. The van der Waals surface area contributed by atoms with Gasteiger partial charge in [-0.15, -0.1) is 0 Å². The molecule has 0 heterocycles. The number of rotatable bonds is 2. The molecule has 0 aliphatic carbocycles. The molecule has 0 aromatic rings. The van der Waals surface area contributed by atoms with E-state index in [9.17, 15) is 4.79 Å². The Kier molecular flexibility index (Phi) is 25.8. The van der Waals surface area contributed by atoms with Crippen molar-refractivity contribution in [1.29, 1.82) is 0 Å². The maximum Gasteiger partial charge on any atom is 1.00 e. The Hall–Kier alpha value is -0.620. The molecule has 0 aromatic carbocycles. The van der Waals surface area contributed by atoms with Crippen molar-refractivity contribution in [3.63, 3.8) is 0 Å². The Labute approximate surface area is 118 Å². The zero-order valence-electron chi connectivity index (χ0n) is 10.2. The Morgan fingerprint density at radius 1 is 1.38 bits per heavy atom. The van der Waals surface area contributed by atoms with Gasteiger partial charge in [0.05, 0.1) is 5.97 Å². The summed E-state index contributed by atoms with van der Waals surface area (Å²) in [6.07, 6.45) is 0.556. The monoisotopic (exact) mass is 240 g/mol. The zero-order chi connectivity index (χ0) is 13.0. The Morgan fingerprint density at radius 3 is 1.50 bits per heavy atom. The number of aliphatic carboxylic acids is 2. The SMILES string of the molecule is C=C(C)C(=O)O.C=CC(=O)[O-].CC(C)O.[Na+]. The molecule has 5 nitrogen and oxygen atoms in total. The van der Waals surface area contributed by atoms with Gasteiger partial charge in [-0.1, -0.05) is 13.2 Å². The van der Waals surface area contributed by atoms with Crippen molar-refractivity contribution in [1.82, 2.24) is 0 Å². The first-order valence-corrected chi connectivity index (χ1v) is 4.05. The van der Waals surface area contributed by atoms with Crippen LogP contribution in [0.1, 0.15) is 20.8 Å². The molecule has 0 saturated heterocycles. The Bertz CT molecular complexity index is 208. The topological polar surface area (TPSA) is 97.7 Å². The molecule has 0 radical (unpaired) electrons. The maximum atomic E-state index is 9.60. The molecule has 0 atom stereocenters.